The molecule has 1 heterocycles. The van der Waals surface area contributed by atoms with E-state index in [0.717, 1.165) is 23.8 Å². The molecular formula is C11H13N3. The SMILES string of the molecule is Cc1ncc(CNc2ccccc2)[nH]1. The maximum atomic E-state index is 4.13. The molecule has 1 aromatic heterocycles. The molecule has 1 aromatic carbocycles. The van der Waals surface area contributed by atoms with E-state index < -0.39 is 0 Å². The average Bonchev–Trinajstić information content (AvgIpc) is 2.63. The van der Waals surface area contributed by atoms with Crippen molar-refractivity contribution in [3.63, 3.8) is 0 Å². The third-order valence-corrected chi connectivity index (χ3v) is 2.01. The molecule has 0 saturated carbocycles. The van der Waals surface area contributed by atoms with Crippen molar-refractivity contribution in [3.05, 3.63) is 48.0 Å². The first-order chi connectivity index (χ1) is 6.84. The molecule has 2 N–H and O–H groups in total. The number of H-pyrrole nitrogens is 1. The largest absolute Gasteiger partial charge is 0.379 e. The Hall–Kier alpha value is -1.77. The second-order valence-electron chi connectivity index (χ2n) is 3.21. The minimum Gasteiger partial charge on any atom is -0.379 e. The molecule has 0 spiro atoms. The van der Waals surface area contributed by atoms with Gasteiger partial charge in [-0.3, -0.25) is 0 Å². The number of nitrogens with zero attached hydrogens (tertiary/aromatic N) is 1. The Kier molecular flexibility index (Phi) is 2.49. The topological polar surface area (TPSA) is 40.7 Å². The third kappa shape index (κ3) is 2.13. The first-order valence-corrected chi connectivity index (χ1v) is 4.64. The highest BCUT2D eigenvalue weighted by molar-refractivity contribution is 5.42. The zero-order valence-corrected chi connectivity index (χ0v) is 8.12. The van der Waals surface area contributed by atoms with Crippen molar-refractivity contribution in [2.45, 2.75) is 13.5 Å². The van der Waals surface area contributed by atoms with Crippen molar-refractivity contribution in [2.24, 2.45) is 0 Å². The molecular weight excluding hydrogens is 174 g/mol. The van der Waals surface area contributed by atoms with E-state index in [2.05, 4.69) is 15.3 Å². The molecule has 0 bridgehead atoms. The number of aromatic amines is 1. The predicted octanol–water partition coefficient (Wildman–Crippen LogP) is 2.33. The number of para-hydroxylation sites is 1. The smallest absolute Gasteiger partial charge is 0.103 e. The number of hydrogen-bond acceptors (Lipinski definition) is 2. The lowest BCUT2D eigenvalue weighted by molar-refractivity contribution is 1.05. The first-order valence-electron chi connectivity index (χ1n) is 4.64. The van der Waals surface area contributed by atoms with Crippen LogP contribution >= 0.6 is 0 Å². The Morgan fingerprint density at radius 1 is 1.29 bits per heavy atom. The van der Waals surface area contributed by atoms with Crippen LogP contribution in [0.2, 0.25) is 0 Å². The molecule has 0 unspecified atom stereocenters. The van der Waals surface area contributed by atoms with Gasteiger partial charge in [0.05, 0.1) is 18.4 Å². The zero-order chi connectivity index (χ0) is 9.80. The number of hydrogen-bond donors (Lipinski definition) is 2. The average molecular weight is 187 g/mol. The summed E-state index contributed by atoms with van der Waals surface area (Å²) < 4.78 is 0. The second-order valence-corrected chi connectivity index (χ2v) is 3.21. The Labute approximate surface area is 83.2 Å². The number of rotatable bonds is 3. The Balaban J connectivity index is 1.95. The molecule has 72 valence electrons. The van der Waals surface area contributed by atoms with Crippen LogP contribution in [0, 0.1) is 6.92 Å². The summed E-state index contributed by atoms with van der Waals surface area (Å²) in [5.41, 5.74) is 2.23. The van der Waals surface area contributed by atoms with Gasteiger partial charge in [0.25, 0.3) is 0 Å². The molecule has 0 aliphatic heterocycles. The molecule has 3 heteroatoms. The van der Waals surface area contributed by atoms with Gasteiger partial charge >= 0.3 is 0 Å². The summed E-state index contributed by atoms with van der Waals surface area (Å²) >= 11 is 0. The van der Waals surface area contributed by atoms with Gasteiger partial charge in [-0.2, -0.15) is 0 Å². The van der Waals surface area contributed by atoms with Crippen molar-refractivity contribution in [1.82, 2.24) is 9.97 Å². The molecule has 14 heavy (non-hydrogen) atoms. The molecule has 0 amide bonds. The fraction of sp³-hybridized carbons (Fsp3) is 0.182. The van der Waals surface area contributed by atoms with E-state index in [1.807, 2.05) is 43.5 Å². The minimum atomic E-state index is 0.783. The Bertz CT molecular complexity index is 392. The van der Waals surface area contributed by atoms with Gasteiger partial charge in [-0.05, 0) is 19.1 Å². The predicted molar refractivity (Wildman–Crippen MR) is 57.1 cm³/mol. The number of aromatic nitrogens is 2. The number of aryl methyl sites for hydroxylation is 1. The monoisotopic (exact) mass is 187 g/mol. The molecule has 0 aliphatic carbocycles. The summed E-state index contributed by atoms with van der Waals surface area (Å²) in [7, 11) is 0. The lowest BCUT2D eigenvalue weighted by atomic mass is 10.3. The van der Waals surface area contributed by atoms with Gasteiger partial charge in [0.15, 0.2) is 0 Å². The van der Waals surface area contributed by atoms with Crippen LogP contribution in [0.4, 0.5) is 5.69 Å². The van der Waals surface area contributed by atoms with E-state index >= 15 is 0 Å². The molecule has 2 rings (SSSR count). The third-order valence-electron chi connectivity index (χ3n) is 2.01. The summed E-state index contributed by atoms with van der Waals surface area (Å²) in [6.07, 6.45) is 1.85. The number of benzene rings is 1. The van der Waals surface area contributed by atoms with Crippen LogP contribution in [0.15, 0.2) is 36.5 Å². The maximum Gasteiger partial charge on any atom is 0.103 e. The van der Waals surface area contributed by atoms with Crippen molar-refractivity contribution in [1.29, 1.82) is 0 Å². The minimum absolute atomic E-state index is 0.783. The molecule has 0 radical (unpaired) electrons. The van der Waals surface area contributed by atoms with Crippen LogP contribution in [0.1, 0.15) is 11.5 Å². The van der Waals surface area contributed by atoms with Gasteiger partial charge in [0, 0.05) is 5.69 Å². The quantitative estimate of drug-likeness (QED) is 0.774. The van der Waals surface area contributed by atoms with Crippen molar-refractivity contribution in [2.75, 3.05) is 5.32 Å². The second kappa shape index (κ2) is 3.96. The van der Waals surface area contributed by atoms with Crippen molar-refractivity contribution in [3.8, 4) is 0 Å². The van der Waals surface area contributed by atoms with Crippen LogP contribution in [0.3, 0.4) is 0 Å². The highest BCUT2D eigenvalue weighted by Gasteiger charge is 1.95. The van der Waals surface area contributed by atoms with E-state index in [4.69, 9.17) is 0 Å². The van der Waals surface area contributed by atoms with Crippen LogP contribution in [-0.2, 0) is 6.54 Å². The standard InChI is InChI=1S/C11H13N3/c1-9-12-7-11(14-9)8-13-10-5-3-2-4-6-10/h2-7,13H,8H2,1H3,(H,12,14). The first kappa shape index (κ1) is 8.81. The number of nitrogens with one attached hydrogen (secondary N) is 2. The number of anilines is 1. The fourth-order valence-electron chi connectivity index (χ4n) is 1.31. The Morgan fingerprint density at radius 3 is 2.71 bits per heavy atom. The summed E-state index contributed by atoms with van der Waals surface area (Å²) in [6, 6.07) is 10.1. The van der Waals surface area contributed by atoms with E-state index in [-0.39, 0.29) is 0 Å². The molecule has 0 saturated heterocycles. The lowest BCUT2D eigenvalue weighted by Gasteiger charge is -2.03. The molecule has 0 aliphatic rings. The molecule has 0 fully saturated rings. The van der Waals surface area contributed by atoms with Crippen LogP contribution in [-0.4, -0.2) is 9.97 Å². The summed E-state index contributed by atoms with van der Waals surface area (Å²) in [4.78, 5) is 7.31. The molecule has 2 aromatic rings. The summed E-state index contributed by atoms with van der Waals surface area (Å²) in [5, 5.41) is 3.30. The molecule has 0 atom stereocenters. The maximum absolute atomic E-state index is 4.13. The van der Waals surface area contributed by atoms with E-state index in [0.29, 0.717) is 0 Å². The number of imidazole rings is 1. The normalized spacial score (nSPS) is 10.1. The summed E-state index contributed by atoms with van der Waals surface area (Å²) in [5.74, 6) is 0.954. The van der Waals surface area contributed by atoms with Gasteiger partial charge in [-0.1, -0.05) is 18.2 Å². The van der Waals surface area contributed by atoms with E-state index in [1.54, 1.807) is 0 Å². The lowest BCUT2D eigenvalue weighted by Crippen LogP contribution is -1.99. The van der Waals surface area contributed by atoms with E-state index in [1.165, 1.54) is 0 Å². The van der Waals surface area contributed by atoms with Gasteiger partial charge in [0.2, 0.25) is 0 Å². The Morgan fingerprint density at radius 2 is 2.07 bits per heavy atom. The van der Waals surface area contributed by atoms with Gasteiger partial charge in [-0.15, -0.1) is 0 Å². The molecule has 3 nitrogen and oxygen atoms in total. The van der Waals surface area contributed by atoms with Crippen LogP contribution in [0.5, 0.6) is 0 Å². The summed E-state index contributed by atoms with van der Waals surface area (Å²) in [6.45, 7) is 2.73. The van der Waals surface area contributed by atoms with Gasteiger partial charge in [0.1, 0.15) is 5.82 Å². The van der Waals surface area contributed by atoms with E-state index in [9.17, 15) is 0 Å². The van der Waals surface area contributed by atoms with Crippen molar-refractivity contribution >= 4 is 5.69 Å². The fourth-order valence-corrected chi connectivity index (χ4v) is 1.31. The van der Waals surface area contributed by atoms with Crippen LogP contribution < -0.4 is 5.32 Å². The highest BCUT2D eigenvalue weighted by atomic mass is 15.0. The van der Waals surface area contributed by atoms with Gasteiger partial charge < -0.3 is 10.3 Å². The van der Waals surface area contributed by atoms with Gasteiger partial charge in [-0.25, -0.2) is 4.98 Å². The van der Waals surface area contributed by atoms with Crippen LogP contribution in [0.25, 0.3) is 0 Å². The zero-order valence-electron chi connectivity index (χ0n) is 8.12. The van der Waals surface area contributed by atoms with Crippen molar-refractivity contribution < 1.29 is 0 Å². The highest BCUT2D eigenvalue weighted by Crippen LogP contribution is 2.06.